The van der Waals surface area contributed by atoms with E-state index in [2.05, 4.69) is 5.10 Å². The van der Waals surface area contributed by atoms with Crippen LogP contribution >= 0.6 is 23.2 Å². The molecule has 1 amide bonds. The standard InChI is InChI=1S/C19H17Cl2N3O3/c1-10-6-13(4-5-18(10)24(26)27)19-15-9-17(21)16(20)8-14(15)7-11(2)23(22-19)12(3)25/h4-6,8-9,11H,7H2,1-3H3. The lowest BCUT2D eigenvalue weighted by Crippen LogP contribution is -2.33. The number of aryl methyl sites for hydroxylation is 1. The highest BCUT2D eigenvalue weighted by Crippen LogP contribution is 2.32. The molecule has 0 N–H and O–H groups in total. The van der Waals surface area contributed by atoms with Gasteiger partial charge in [-0.05, 0) is 50.1 Å². The Bertz CT molecular complexity index is 988. The van der Waals surface area contributed by atoms with Gasteiger partial charge in [-0.3, -0.25) is 14.9 Å². The third kappa shape index (κ3) is 3.68. The Kier molecular flexibility index (Phi) is 5.22. The van der Waals surface area contributed by atoms with Crippen molar-refractivity contribution in [2.75, 3.05) is 0 Å². The van der Waals surface area contributed by atoms with E-state index in [0.29, 0.717) is 33.3 Å². The second-order valence-electron chi connectivity index (χ2n) is 6.55. The zero-order valence-corrected chi connectivity index (χ0v) is 16.5. The van der Waals surface area contributed by atoms with Gasteiger partial charge in [-0.15, -0.1) is 0 Å². The van der Waals surface area contributed by atoms with E-state index in [1.165, 1.54) is 18.0 Å². The topological polar surface area (TPSA) is 75.8 Å². The number of nitro benzene ring substituents is 1. The molecule has 1 aliphatic rings. The van der Waals surface area contributed by atoms with E-state index >= 15 is 0 Å². The smallest absolute Gasteiger partial charge is 0.272 e. The molecule has 0 aromatic heterocycles. The molecule has 0 spiro atoms. The van der Waals surface area contributed by atoms with Gasteiger partial charge >= 0.3 is 0 Å². The first-order valence-electron chi connectivity index (χ1n) is 8.31. The number of hydrazone groups is 1. The number of nitrogens with zero attached hydrogens (tertiary/aromatic N) is 3. The Balaban J connectivity index is 2.25. The number of rotatable bonds is 2. The van der Waals surface area contributed by atoms with Gasteiger partial charge in [0.15, 0.2) is 0 Å². The number of carbonyl (C=O) groups is 1. The first-order chi connectivity index (χ1) is 12.7. The Morgan fingerprint density at radius 2 is 1.93 bits per heavy atom. The van der Waals surface area contributed by atoms with E-state index in [-0.39, 0.29) is 17.6 Å². The van der Waals surface area contributed by atoms with Crippen molar-refractivity contribution in [3.8, 4) is 0 Å². The molecule has 0 saturated carbocycles. The van der Waals surface area contributed by atoms with Crippen molar-refractivity contribution >= 4 is 40.5 Å². The number of benzene rings is 2. The maximum atomic E-state index is 12.1. The summed E-state index contributed by atoms with van der Waals surface area (Å²) in [6.45, 7) is 5.02. The fraction of sp³-hybridized carbons (Fsp3) is 0.263. The van der Waals surface area contributed by atoms with Crippen LogP contribution in [0.25, 0.3) is 0 Å². The number of halogens is 2. The van der Waals surface area contributed by atoms with Crippen molar-refractivity contribution in [3.63, 3.8) is 0 Å². The van der Waals surface area contributed by atoms with Crippen molar-refractivity contribution in [2.24, 2.45) is 5.10 Å². The molecule has 0 saturated heterocycles. The zero-order chi connectivity index (χ0) is 19.9. The van der Waals surface area contributed by atoms with E-state index in [1.807, 2.05) is 6.92 Å². The number of nitro groups is 1. The number of fused-ring (bicyclic) bond motifs is 1. The highest BCUT2D eigenvalue weighted by atomic mass is 35.5. The molecule has 27 heavy (non-hydrogen) atoms. The second kappa shape index (κ2) is 7.29. The van der Waals surface area contributed by atoms with Crippen LogP contribution in [0.1, 0.15) is 36.1 Å². The minimum absolute atomic E-state index is 0.0270. The quantitative estimate of drug-likeness (QED) is 0.533. The summed E-state index contributed by atoms with van der Waals surface area (Å²) in [4.78, 5) is 22.8. The number of hydrogen-bond acceptors (Lipinski definition) is 4. The Hall–Kier alpha value is -2.44. The molecule has 1 atom stereocenters. The van der Waals surface area contributed by atoms with Gasteiger partial charge in [-0.2, -0.15) is 5.10 Å². The van der Waals surface area contributed by atoms with E-state index in [4.69, 9.17) is 23.2 Å². The minimum Gasteiger partial charge on any atom is -0.273 e. The first-order valence-corrected chi connectivity index (χ1v) is 9.06. The zero-order valence-electron chi connectivity index (χ0n) is 15.0. The summed E-state index contributed by atoms with van der Waals surface area (Å²) in [5, 5.41) is 17.9. The van der Waals surface area contributed by atoms with Crippen LogP contribution in [0.15, 0.2) is 35.4 Å². The largest absolute Gasteiger partial charge is 0.273 e. The molecule has 8 heteroatoms. The van der Waals surface area contributed by atoms with Crippen molar-refractivity contribution in [2.45, 2.75) is 33.2 Å². The molecule has 0 radical (unpaired) electrons. The van der Waals surface area contributed by atoms with Crippen LogP contribution in [0.5, 0.6) is 0 Å². The Morgan fingerprint density at radius 1 is 1.26 bits per heavy atom. The molecule has 1 heterocycles. The van der Waals surface area contributed by atoms with Crippen LogP contribution in [0.2, 0.25) is 10.0 Å². The summed E-state index contributed by atoms with van der Waals surface area (Å²) in [7, 11) is 0. The monoisotopic (exact) mass is 405 g/mol. The predicted molar refractivity (Wildman–Crippen MR) is 106 cm³/mol. The highest BCUT2D eigenvalue weighted by molar-refractivity contribution is 6.42. The highest BCUT2D eigenvalue weighted by Gasteiger charge is 2.27. The lowest BCUT2D eigenvalue weighted by molar-refractivity contribution is -0.385. The molecule has 0 aliphatic carbocycles. The molecule has 140 valence electrons. The molecule has 1 unspecified atom stereocenters. The van der Waals surface area contributed by atoms with Crippen molar-refractivity contribution < 1.29 is 9.72 Å². The molecule has 2 aromatic rings. The van der Waals surface area contributed by atoms with Gasteiger partial charge in [0.1, 0.15) is 0 Å². The fourth-order valence-corrected chi connectivity index (χ4v) is 3.59. The van der Waals surface area contributed by atoms with Crippen molar-refractivity contribution in [1.82, 2.24) is 5.01 Å². The van der Waals surface area contributed by atoms with Crippen molar-refractivity contribution in [1.29, 1.82) is 0 Å². The van der Waals surface area contributed by atoms with Gasteiger partial charge < -0.3 is 0 Å². The Morgan fingerprint density at radius 3 is 2.52 bits per heavy atom. The summed E-state index contributed by atoms with van der Waals surface area (Å²) in [5.41, 5.74) is 3.40. The van der Waals surface area contributed by atoms with Gasteiger partial charge in [0.05, 0.1) is 26.7 Å². The average molecular weight is 406 g/mol. The van der Waals surface area contributed by atoms with E-state index in [9.17, 15) is 14.9 Å². The molecule has 3 rings (SSSR count). The SMILES string of the molecule is CC(=O)N1N=C(c2ccc([N+](=O)[O-])c(C)c2)c2cc(Cl)c(Cl)cc2CC1C. The number of hydrogen-bond donors (Lipinski definition) is 0. The van der Waals surface area contributed by atoms with Crippen LogP contribution < -0.4 is 0 Å². The molecular formula is C19H17Cl2N3O3. The van der Waals surface area contributed by atoms with Gasteiger partial charge in [0.2, 0.25) is 5.91 Å². The molecule has 0 bridgehead atoms. The lowest BCUT2D eigenvalue weighted by atomic mass is 9.94. The Labute approximate surface area is 166 Å². The summed E-state index contributed by atoms with van der Waals surface area (Å²) < 4.78 is 0. The molecular weight excluding hydrogens is 389 g/mol. The van der Waals surface area contributed by atoms with Gasteiger partial charge in [-0.1, -0.05) is 23.2 Å². The van der Waals surface area contributed by atoms with Crippen LogP contribution in [-0.2, 0) is 11.2 Å². The summed E-state index contributed by atoms with van der Waals surface area (Å²) in [5.74, 6) is -0.191. The third-order valence-corrected chi connectivity index (χ3v) is 5.25. The minimum atomic E-state index is -0.428. The van der Waals surface area contributed by atoms with Gasteiger partial charge in [0.25, 0.3) is 5.69 Å². The normalized spacial score (nSPS) is 16.4. The summed E-state index contributed by atoms with van der Waals surface area (Å²) in [6.07, 6.45) is 0.560. The first kappa shape index (κ1) is 19.3. The summed E-state index contributed by atoms with van der Waals surface area (Å²) >= 11 is 12.4. The fourth-order valence-electron chi connectivity index (χ4n) is 3.24. The van der Waals surface area contributed by atoms with Crippen molar-refractivity contribution in [3.05, 3.63) is 72.7 Å². The number of carbonyl (C=O) groups excluding carboxylic acids is 1. The van der Waals surface area contributed by atoms with Gasteiger partial charge in [0, 0.05) is 29.7 Å². The van der Waals surface area contributed by atoms with E-state index in [0.717, 1.165) is 11.1 Å². The molecule has 1 aliphatic heterocycles. The summed E-state index contributed by atoms with van der Waals surface area (Å²) in [6, 6.07) is 8.10. The lowest BCUT2D eigenvalue weighted by Gasteiger charge is -2.21. The van der Waals surface area contributed by atoms with Crippen LogP contribution in [0.3, 0.4) is 0 Å². The molecule has 0 fully saturated rings. The average Bonchev–Trinajstić information content (AvgIpc) is 2.71. The number of amides is 1. The second-order valence-corrected chi connectivity index (χ2v) is 7.36. The van der Waals surface area contributed by atoms with Gasteiger partial charge in [-0.25, -0.2) is 5.01 Å². The van der Waals surface area contributed by atoms with E-state index < -0.39 is 4.92 Å². The van der Waals surface area contributed by atoms with Crippen LogP contribution in [-0.4, -0.2) is 27.6 Å². The molecule has 2 aromatic carbocycles. The maximum Gasteiger partial charge on any atom is 0.272 e. The van der Waals surface area contributed by atoms with Crippen LogP contribution in [0.4, 0.5) is 5.69 Å². The van der Waals surface area contributed by atoms with E-state index in [1.54, 1.807) is 31.2 Å². The maximum absolute atomic E-state index is 12.1. The molecule has 6 nitrogen and oxygen atoms in total. The van der Waals surface area contributed by atoms with Crippen LogP contribution in [0, 0.1) is 17.0 Å². The third-order valence-electron chi connectivity index (χ3n) is 4.53. The predicted octanol–water partition coefficient (Wildman–Crippen LogP) is 4.76.